The fourth-order valence-corrected chi connectivity index (χ4v) is 3.40. The average Bonchev–Trinajstić information content (AvgIpc) is 3.32. The number of nitrogens with one attached hydrogen (secondary N) is 1. The second-order valence-corrected chi connectivity index (χ2v) is 6.70. The number of benzene rings is 2. The number of aryl methyl sites for hydroxylation is 2. The van der Waals surface area contributed by atoms with Crippen LogP contribution in [0.3, 0.4) is 0 Å². The van der Waals surface area contributed by atoms with E-state index in [9.17, 15) is 23.1 Å². The number of carbonyl (C=O) groups is 1. The molecule has 0 spiro atoms. The van der Waals surface area contributed by atoms with Gasteiger partial charge < -0.3 is 14.8 Å². The number of hydrogen-bond acceptors (Lipinski definition) is 5. The predicted molar refractivity (Wildman–Crippen MR) is 100 cm³/mol. The number of rotatable bonds is 3. The fourth-order valence-electron chi connectivity index (χ4n) is 3.40. The van der Waals surface area contributed by atoms with Gasteiger partial charge in [0.1, 0.15) is 5.58 Å². The number of aromatic hydroxyl groups is 1. The molecule has 4 rings (SSSR count). The SMILES string of the molecule is Cc1nn(C)cc1-c1c(C(=O)Nc2ccc(C#N)c(C(F)(F)F)c2)c2cc(O)c1o2. The molecule has 2 bridgehead atoms. The molecule has 3 aromatic heterocycles. The Balaban J connectivity index is 1.78. The average molecular weight is 414 g/mol. The van der Waals surface area contributed by atoms with Crippen LogP contribution in [0.1, 0.15) is 27.2 Å². The van der Waals surface area contributed by atoms with Crippen molar-refractivity contribution in [3.8, 4) is 22.9 Å². The van der Waals surface area contributed by atoms with Crippen LogP contribution in [-0.4, -0.2) is 20.8 Å². The van der Waals surface area contributed by atoms with Crippen LogP contribution in [0.4, 0.5) is 18.9 Å². The van der Waals surface area contributed by atoms with Crippen LogP contribution in [0, 0.1) is 18.3 Å². The van der Waals surface area contributed by atoms with Crippen molar-refractivity contribution in [3.63, 3.8) is 0 Å². The largest absolute Gasteiger partial charge is 0.504 e. The summed E-state index contributed by atoms with van der Waals surface area (Å²) in [6, 6.07) is 5.65. The van der Waals surface area contributed by atoms with Crippen LogP contribution < -0.4 is 5.32 Å². The van der Waals surface area contributed by atoms with Crippen LogP contribution in [0.15, 0.2) is 34.9 Å². The number of nitrogens with zero attached hydrogens (tertiary/aromatic N) is 3. The third-order valence-electron chi connectivity index (χ3n) is 4.65. The van der Waals surface area contributed by atoms with E-state index in [2.05, 4.69) is 10.4 Å². The highest BCUT2D eigenvalue weighted by Gasteiger charge is 2.34. The molecule has 0 aliphatic heterocycles. The zero-order valence-electron chi connectivity index (χ0n) is 15.6. The first-order chi connectivity index (χ1) is 14.1. The summed E-state index contributed by atoms with van der Waals surface area (Å²) in [4.78, 5) is 13.0. The van der Waals surface area contributed by atoms with Crippen molar-refractivity contribution in [2.45, 2.75) is 13.1 Å². The standard InChI is InChI=1S/C20H13F3N4O3/c1-9-12(8-27(2)26-9)16-17(15-6-14(28)18(16)30-15)19(29)25-11-4-3-10(7-24)13(5-11)20(21,22)23/h3-6,8,28H,1-2H3,(H,25,29). The summed E-state index contributed by atoms with van der Waals surface area (Å²) in [6.07, 6.45) is -3.11. The Morgan fingerprint density at radius 2 is 2.07 bits per heavy atom. The Bertz CT molecular complexity index is 1330. The highest BCUT2D eigenvalue weighted by molar-refractivity contribution is 6.17. The molecule has 0 fully saturated rings. The van der Waals surface area contributed by atoms with Crippen molar-refractivity contribution >= 4 is 22.8 Å². The van der Waals surface area contributed by atoms with Crippen LogP contribution >= 0.6 is 0 Å². The summed E-state index contributed by atoms with van der Waals surface area (Å²) in [5.74, 6) is -0.877. The lowest BCUT2D eigenvalue weighted by Gasteiger charge is -2.12. The Hall–Kier alpha value is -4.00. The molecule has 0 unspecified atom stereocenters. The van der Waals surface area contributed by atoms with Gasteiger partial charge in [-0.2, -0.15) is 23.5 Å². The minimum Gasteiger partial charge on any atom is -0.504 e. The molecule has 0 saturated heterocycles. The van der Waals surface area contributed by atoms with E-state index in [-0.39, 0.29) is 28.2 Å². The molecule has 0 radical (unpaired) electrons. The van der Waals surface area contributed by atoms with Gasteiger partial charge in [-0.15, -0.1) is 0 Å². The third kappa shape index (κ3) is 3.00. The maximum atomic E-state index is 13.2. The number of fused-ring (bicyclic) bond motifs is 2. The number of phenols is 1. The highest BCUT2D eigenvalue weighted by Crippen LogP contribution is 2.44. The zero-order chi connectivity index (χ0) is 21.8. The number of halogens is 3. The number of phenolic OH excluding ortho intramolecular Hbond substituents is 1. The van der Waals surface area contributed by atoms with E-state index in [1.54, 1.807) is 20.2 Å². The van der Waals surface area contributed by atoms with Crippen molar-refractivity contribution in [2.24, 2.45) is 7.05 Å². The molecule has 2 N–H and O–H groups in total. The van der Waals surface area contributed by atoms with Crippen LogP contribution in [0.25, 0.3) is 22.3 Å². The van der Waals surface area contributed by atoms with E-state index in [1.807, 2.05) is 0 Å². The first-order valence-electron chi connectivity index (χ1n) is 8.61. The number of carbonyl (C=O) groups excluding carboxylic acids is 1. The molecule has 0 atom stereocenters. The van der Waals surface area contributed by atoms with Gasteiger partial charge in [-0.25, -0.2) is 0 Å². The van der Waals surface area contributed by atoms with Crippen molar-refractivity contribution in [1.29, 1.82) is 5.26 Å². The molecule has 3 heterocycles. The fraction of sp³-hybridized carbons (Fsp3) is 0.150. The van der Waals surface area contributed by atoms with Gasteiger partial charge in [0.25, 0.3) is 5.91 Å². The van der Waals surface area contributed by atoms with Crippen molar-refractivity contribution in [1.82, 2.24) is 9.78 Å². The van der Waals surface area contributed by atoms with Gasteiger partial charge >= 0.3 is 6.18 Å². The van der Waals surface area contributed by atoms with Crippen molar-refractivity contribution < 1.29 is 27.5 Å². The van der Waals surface area contributed by atoms with Crippen LogP contribution in [0.5, 0.6) is 5.75 Å². The summed E-state index contributed by atoms with van der Waals surface area (Å²) < 4.78 is 46.6. The Labute approximate surface area is 167 Å². The first kappa shape index (κ1) is 19.3. The van der Waals surface area contributed by atoms with Gasteiger partial charge in [-0.1, -0.05) is 0 Å². The monoisotopic (exact) mass is 414 g/mol. The molecule has 7 nitrogen and oxygen atoms in total. The number of hydrogen-bond donors (Lipinski definition) is 2. The summed E-state index contributed by atoms with van der Waals surface area (Å²) in [5, 5.41) is 25.6. The number of aromatic nitrogens is 2. The summed E-state index contributed by atoms with van der Waals surface area (Å²) in [7, 11) is 1.69. The summed E-state index contributed by atoms with van der Waals surface area (Å²) in [6.45, 7) is 1.71. The molecule has 1 aromatic carbocycles. The number of nitriles is 1. The van der Waals surface area contributed by atoms with Gasteiger partial charge in [0.2, 0.25) is 0 Å². The predicted octanol–water partition coefficient (Wildman–Crippen LogP) is 4.43. The molecule has 0 aliphatic rings. The molecule has 0 saturated carbocycles. The maximum Gasteiger partial charge on any atom is 0.417 e. The highest BCUT2D eigenvalue weighted by atomic mass is 19.4. The van der Waals surface area contributed by atoms with E-state index in [0.717, 1.165) is 6.07 Å². The Kier molecular flexibility index (Phi) is 4.20. The molecule has 0 aliphatic carbocycles. The molecule has 10 heteroatoms. The first-order valence-corrected chi connectivity index (χ1v) is 8.61. The molecular weight excluding hydrogens is 401 g/mol. The van der Waals surface area contributed by atoms with E-state index >= 15 is 0 Å². The number of alkyl halides is 3. The van der Waals surface area contributed by atoms with Gasteiger partial charge in [0, 0.05) is 36.1 Å². The van der Waals surface area contributed by atoms with E-state index in [4.69, 9.17) is 9.68 Å². The van der Waals surface area contributed by atoms with E-state index in [0.29, 0.717) is 22.9 Å². The van der Waals surface area contributed by atoms with Gasteiger partial charge in [-0.3, -0.25) is 9.48 Å². The molecular formula is C20H13F3N4O3. The lowest BCUT2D eigenvalue weighted by Crippen LogP contribution is -2.15. The second-order valence-electron chi connectivity index (χ2n) is 6.70. The van der Waals surface area contributed by atoms with Crippen molar-refractivity contribution in [2.75, 3.05) is 5.32 Å². The quantitative estimate of drug-likeness (QED) is 0.516. The third-order valence-corrected chi connectivity index (χ3v) is 4.65. The van der Waals surface area contributed by atoms with E-state index < -0.39 is 23.2 Å². The van der Waals surface area contributed by atoms with Crippen LogP contribution in [0.2, 0.25) is 0 Å². The Morgan fingerprint density at radius 1 is 1.33 bits per heavy atom. The smallest absolute Gasteiger partial charge is 0.417 e. The second kappa shape index (κ2) is 6.52. The number of amides is 1. The Morgan fingerprint density at radius 3 is 2.67 bits per heavy atom. The maximum absolute atomic E-state index is 13.2. The normalized spacial score (nSPS) is 11.7. The number of anilines is 1. The molecule has 152 valence electrons. The number of furan rings is 2. The lowest BCUT2D eigenvalue weighted by atomic mass is 9.99. The van der Waals surface area contributed by atoms with Crippen LogP contribution in [-0.2, 0) is 13.2 Å². The molecule has 4 aromatic rings. The van der Waals surface area contributed by atoms with Crippen molar-refractivity contribution in [3.05, 3.63) is 52.8 Å². The summed E-state index contributed by atoms with van der Waals surface area (Å²) in [5.41, 5.74) is -0.172. The topological polar surface area (TPSA) is 104 Å². The summed E-state index contributed by atoms with van der Waals surface area (Å²) >= 11 is 0. The molecule has 1 amide bonds. The van der Waals surface area contributed by atoms with E-state index in [1.165, 1.54) is 22.9 Å². The lowest BCUT2D eigenvalue weighted by molar-refractivity contribution is -0.137. The minimum atomic E-state index is -4.75. The zero-order valence-corrected chi connectivity index (χ0v) is 15.6. The molecule has 30 heavy (non-hydrogen) atoms. The van der Waals surface area contributed by atoms with Gasteiger partial charge in [-0.05, 0) is 25.1 Å². The minimum absolute atomic E-state index is 0.0665. The van der Waals surface area contributed by atoms with Gasteiger partial charge in [0.05, 0.1) is 28.5 Å². The van der Waals surface area contributed by atoms with Gasteiger partial charge in [0.15, 0.2) is 11.3 Å².